The van der Waals surface area contributed by atoms with Gasteiger partial charge in [-0.05, 0) is 59.7 Å². The molecule has 0 unspecified atom stereocenters. The van der Waals surface area contributed by atoms with Gasteiger partial charge < -0.3 is 10.2 Å². The molecule has 2 amide bonds. The first-order valence-electron chi connectivity index (χ1n) is 9.55. The highest BCUT2D eigenvalue weighted by Gasteiger charge is 2.33. The molecule has 1 aromatic heterocycles. The van der Waals surface area contributed by atoms with Gasteiger partial charge in [0.15, 0.2) is 0 Å². The van der Waals surface area contributed by atoms with Crippen LogP contribution in [0.3, 0.4) is 0 Å². The SMILES string of the molecule is CN1C(=O)C(=Cc2cccc(Cl)c2)C(=O)c2cc(C(=O)NCc3ccncc3)ccc21. The van der Waals surface area contributed by atoms with E-state index in [9.17, 15) is 14.4 Å². The molecule has 3 aromatic rings. The number of hydrogen-bond acceptors (Lipinski definition) is 4. The number of ketones is 1. The average Bonchev–Trinajstić information content (AvgIpc) is 2.79. The molecule has 0 fully saturated rings. The van der Waals surface area contributed by atoms with E-state index in [2.05, 4.69) is 10.3 Å². The summed E-state index contributed by atoms with van der Waals surface area (Å²) in [4.78, 5) is 43.9. The van der Waals surface area contributed by atoms with E-state index in [1.165, 1.54) is 17.0 Å². The summed E-state index contributed by atoms with van der Waals surface area (Å²) in [6.45, 7) is 0.338. The molecular weight excluding hydrogens is 414 g/mol. The number of carbonyl (C=O) groups excluding carboxylic acids is 3. The number of aromatic nitrogens is 1. The van der Waals surface area contributed by atoms with E-state index >= 15 is 0 Å². The van der Waals surface area contributed by atoms with Crippen LogP contribution in [0.15, 0.2) is 72.6 Å². The molecule has 2 aromatic carbocycles. The van der Waals surface area contributed by atoms with Crippen LogP contribution in [-0.4, -0.2) is 29.6 Å². The van der Waals surface area contributed by atoms with Crippen molar-refractivity contribution in [1.29, 1.82) is 0 Å². The van der Waals surface area contributed by atoms with Crippen LogP contribution in [0.4, 0.5) is 5.69 Å². The highest BCUT2D eigenvalue weighted by Crippen LogP contribution is 2.31. The summed E-state index contributed by atoms with van der Waals surface area (Å²) in [6, 6.07) is 15.3. The number of Topliss-reactive ketones (excluding diaryl/α,β-unsaturated/α-hetero) is 1. The lowest BCUT2D eigenvalue weighted by molar-refractivity contribution is -0.114. The van der Waals surface area contributed by atoms with Crippen molar-refractivity contribution in [2.24, 2.45) is 0 Å². The number of benzene rings is 2. The molecule has 0 radical (unpaired) electrons. The van der Waals surface area contributed by atoms with Crippen molar-refractivity contribution in [3.63, 3.8) is 0 Å². The molecule has 0 saturated heterocycles. The number of rotatable bonds is 4. The van der Waals surface area contributed by atoms with Crippen molar-refractivity contribution in [3.05, 3.63) is 99.8 Å². The summed E-state index contributed by atoms with van der Waals surface area (Å²) in [7, 11) is 1.60. The predicted molar refractivity (Wildman–Crippen MR) is 119 cm³/mol. The van der Waals surface area contributed by atoms with Gasteiger partial charge in [-0.3, -0.25) is 19.4 Å². The van der Waals surface area contributed by atoms with E-state index < -0.39 is 11.7 Å². The molecule has 0 saturated carbocycles. The molecule has 1 aliphatic heterocycles. The Morgan fingerprint density at radius 1 is 1.10 bits per heavy atom. The Labute approximate surface area is 184 Å². The Bertz CT molecular complexity index is 1220. The second-order valence-corrected chi connectivity index (χ2v) is 7.51. The third kappa shape index (κ3) is 4.25. The van der Waals surface area contributed by atoms with Gasteiger partial charge in [-0.25, -0.2) is 0 Å². The normalized spacial score (nSPS) is 14.5. The summed E-state index contributed by atoms with van der Waals surface area (Å²) >= 11 is 6.02. The summed E-state index contributed by atoms with van der Waals surface area (Å²) in [5.41, 5.74) is 2.68. The van der Waals surface area contributed by atoms with Crippen molar-refractivity contribution in [2.45, 2.75) is 6.54 Å². The minimum absolute atomic E-state index is 0.0200. The molecule has 0 atom stereocenters. The van der Waals surface area contributed by atoms with Crippen molar-refractivity contribution < 1.29 is 14.4 Å². The van der Waals surface area contributed by atoms with Crippen LogP contribution in [0.25, 0.3) is 6.08 Å². The van der Waals surface area contributed by atoms with Gasteiger partial charge >= 0.3 is 0 Å². The lowest BCUT2D eigenvalue weighted by Gasteiger charge is -2.27. The number of carbonyl (C=O) groups is 3. The maximum absolute atomic E-state index is 13.1. The van der Waals surface area contributed by atoms with Crippen LogP contribution >= 0.6 is 11.6 Å². The highest BCUT2D eigenvalue weighted by molar-refractivity contribution is 6.37. The number of nitrogens with one attached hydrogen (secondary N) is 1. The highest BCUT2D eigenvalue weighted by atomic mass is 35.5. The third-order valence-corrected chi connectivity index (χ3v) is 5.24. The largest absolute Gasteiger partial charge is 0.348 e. The molecule has 0 aliphatic carbocycles. The molecule has 0 bridgehead atoms. The molecule has 31 heavy (non-hydrogen) atoms. The van der Waals surface area contributed by atoms with Gasteiger partial charge in [-0.2, -0.15) is 0 Å². The van der Waals surface area contributed by atoms with E-state index in [1.807, 2.05) is 12.1 Å². The summed E-state index contributed by atoms with van der Waals surface area (Å²) in [6.07, 6.45) is 4.82. The molecule has 4 rings (SSSR count). The molecule has 2 heterocycles. The zero-order valence-electron chi connectivity index (χ0n) is 16.6. The fraction of sp³-hybridized carbons (Fsp3) is 0.0833. The molecule has 1 N–H and O–H groups in total. The monoisotopic (exact) mass is 431 g/mol. The maximum atomic E-state index is 13.1. The Morgan fingerprint density at radius 3 is 2.61 bits per heavy atom. The predicted octanol–water partition coefficient (Wildman–Crippen LogP) is 3.91. The first-order chi connectivity index (χ1) is 14.9. The third-order valence-electron chi connectivity index (χ3n) is 5.01. The van der Waals surface area contributed by atoms with Crippen LogP contribution in [0, 0.1) is 0 Å². The van der Waals surface area contributed by atoms with Crippen LogP contribution in [0.2, 0.25) is 5.02 Å². The van der Waals surface area contributed by atoms with Gasteiger partial charge in [-0.15, -0.1) is 0 Å². The standard InChI is InChI=1S/C24H18ClN3O3/c1-28-21-6-5-17(23(30)27-14-15-7-9-26-10-8-15)13-19(21)22(29)20(24(28)31)12-16-3-2-4-18(25)11-16/h2-13H,14H2,1H3,(H,27,30). The maximum Gasteiger partial charge on any atom is 0.262 e. The fourth-order valence-electron chi connectivity index (χ4n) is 3.36. The Morgan fingerprint density at radius 2 is 1.87 bits per heavy atom. The first-order valence-corrected chi connectivity index (χ1v) is 9.93. The molecule has 6 nitrogen and oxygen atoms in total. The van der Waals surface area contributed by atoms with Crippen molar-refractivity contribution in [2.75, 3.05) is 11.9 Å². The smallest absolute Gasteiger partial charge is 0.262 e. The number of halogens is 1. The Balaban J connectivity index is 1.63. The van der Waals surface area contributed by atoms with Gasteiger partial charge in [0.05, 0.1) is 11.3 Å². The first kappa shape index (κ1) is 20.5. The lowest BCUT2D eigenvalue weighted by Crippen LogP contribution is -2.37. The number of fused-ring (bicyclic) bond motifs is 1. The molecule has 0 spiro atoms. The van der Waals surface area contributed by atoms with Gasteiger partial charge in [-0.1, -0.05) is 23.7 Å². The fourth-order valence-corrected chi connectivity index (χ4v) is 3.56. The summed E-state index contributed by atoms with van der Waals surface area (Å²) < 4.78 is 0. The van der Waals surface area contributed by atoms with E-state index in [1.54, 1.807) is 55.8 Å². The minimum atomic E-state index is -0.429. The average molecular weight is 432 g/mol. The number of nitrogens with zero attached hydrogens (tertiary/aromatic N) is 2. The van der Waals surface area contributed by atoms with Crippen LogP contribution in [0.1, 0.15) is 31.8 Å². The van der Waals surface area contributed by atoms with Crippen molar-refractivity contribution in [3.8, 4) is 0 Å². The molecular formula is C24H18ClN3O3. The lowest BCUT2D eigenvalue weighted by atomic mass is 9.92. The summed E-state index contributed by atoms with van der Waals surface area (Å²) in [5.74, 6) is -1.15. The van der Waals surface area contributed by atoms with E-state index in [0.29, 0.717) is 33.9 Å². The second kappa shape index (κ2) is 8.53. The van der Waals surface area contributed by atoms with Crippen LogP contribution < -0.4 is 10.2 Å². The second-order valence-electron chi connectivity index (χ2n) is 7.08. The zero-order chi connectivity index (χ0) is 22.0. The Kier molecular flexibility index (Phi) is 5.64. The van der Waals surface area contributed by atoms with E-state index in [0.717, 1.165) is 5.56 Å². The van der Waals surface area contributed by atoms with Crippen LogP contribution in [0.5, 0.6) is 0 Å². The quantitative estimate of drug-likeness (QED) is 0.501. The zero-order valence-corrected chi connectivity index (χ0v) is 17.4. The number of anilines is 1. The number of pyridine rings is 1. The Hall–Kier alpha value is -3.77. The van der Waals surface area contributed by atoms with Gasteiger partial charge in [0.25, 0.3) is 11.8 Å². The molecule has 154 valence electrons. The molecule has 7 heteroatoms. The molecule has 1 aliphatic rings. The number of hydrogen-bond donors (Lipinski definition) is 1. The van der Waals surface area contributed by atoms with Crippen molar-refractivity contribution >= 4 is 41.0 Å². The van der Waals surface area contributed by atoms with Crippen LogP contribution in [-0.2, 0) is 11.3 Å². The minimum Gasteiger partial charge on any atom is -0.348 e. The van der Waals surface area contributed by atoms with Gasteiger partial charge in [0.2, 0.25) is 5.78 Å². The van der Waals surface area contributed by atoms with Gasteiger partial charge in [0.1, 0.15) is 0 Å². The summed E-state index contributed by atoms with van der Waals surface area (Å²) in [5, 5.41) is 3.33. The van der Waals surface area contributed by atoms with Gasteiger partial charge in [0, 0.05) is 42.1 Å². The number of likely N-dealkylation sites (N-methyl/N-ethyl adjacent to an activating group) is 1. The van der Waals surface area contributed by atoms with Crippen molar-refractivity contribution in [1.82, 2.24) is 10.3 Å². The van der Waals surface area contributed by atoms with E-state index in [4.69, 9.17) is 11.6 Å². The van der Waals surface area contributed by atoms with E-state index in [-0.39, 0.29) is 11.5 Å². The topological polar surface area (TPSA) is 79.4 Å². The number of amides is 2.